The summed E-state index contributed by atoms with van der Waals surface area (Å²) in [6.07, 6.45) is 2.52. The molecular weight excluding hydrogens is 279 g/mol. The molecule has 2 fully saturated rings. The molecule has 2 aliphatic heterocycles. The minimum absolute atomic E-state index is 0.262. The van der Waals surface area contributed by atoms with Crippen LogP contribution >= 0.6 is 0 Å². The van der Waals surface area contributed by atoms with Crippen LogP contribution in [0.25, 0.3) is 11.3 Å². The number of benzene rings is 1. The van der Waals surface area contributed by atoms with Crippen molar-refractivity contribution >= 4 is 5.82 Å². The van der Waals surface area contributed by atoms with Crippen LogP contribution in [0, 0.1) is 5.82 Å². The molecule has 4 nitrogen and oxygen atoms in total. The van der Waals surface area contributed by atoms with Gasteiger partial charge in [-0.1, -0.05) is 12.1 Å². The highest BCUT2D eigenvalue weighted by Gasteiger charge is 2.37. The highest BCUT2D eigenvalue weighted by atomic mass is 19.1. The topological polar surface area (TPSA) is 32.3 Å². The first-order chi connectivity index (χ1) is 10.7. The maximum atomic E-state index is 13.8. The van der Waals surface area contributed by atoms with Crippen LogP contribution in [0.15, 0.2) is 36.4 Å². The van der Waals surface area contributed by atoms with Crippen LogP contribution in [0.1, 0.15) is 12.8 Å². The highest BCUT2D eigenvalue weighted by Crippen LogP contribution is 2.30. The Morgan fingerprint density at radius 2 is 1.73 bits per heavy atom. The van der Waals surface area contributed by atoms with E-state index in [2.05, 4.69) is 27.0 Å². The van der Waals surface area contributed by atoms with Crippen molar-refractivity contribution in [1.29, 1.82) is 0 Å². The van der Waals surface area contributed by atoms with E-state index in [9.17, 15) is 4.39 Å². The van der Waals surface area contributed by atoms with Crippen molar-refractivity contribution in [2.45, 2.75) is 24.9 Å². The molecule has 0 saturated carbocycles. The Morgan fingerprint density at radius 3 is 2.36 bits per heavy atom. The molecule has 2 atom stereocenters. The van der Waals surface area contributed by atoms with Gasteiger partial charge in [0.25, 0.3) is 0 Å². The number of nitrogens with zero attached hydrogens (tertiary/aromatic N) is 4. The summed E-state index contributed by atoms with van der Waals surface area (Å²) in [5.41, 5.74) is 1.08. The van der Waals surface area contributed by atoms with Crippen molar-refractivity contribution in [3.05, 3.63) is 42.2 Å². The van der Waals surface area contributed by atoms with Gasteiger partial charge in [0.05, 0.1) is 5.69 Å². The molecule has 0 aliphatic carbocycles. The molecule has 0 N–H and O–H groups in total. The lowest BCUT2D eigenvalue weighted by atomic mass is 10.1. The molecule has 1 aromatic heterocycles. The summed E-state index contributed by atoms with van der Waals surface area (Å²) in [4.78, 5) is 4.79. The third kappa shape index (κ3) is 2.25. The zero-order valence-electron chi connectivity index (χ0n) is 12.6. The highest BCUT2D eigenvalue weighted by molar-refractivity contribution is 5.60. The van der Waals surface area contributed by atoms with Crippen LogP contribution < -0.4 is 4.90 Å². The van der Waals surface area contributed by atoms with Gasteiger partial charge in [-0.2, -0.15) is 0 Å². The van der Waals surface area contributed by atoms with Gasteiger partial charge in [0.1, 0.15) is 5.82 Å². The van der Waals surface area contributed by atoms with Crippen LogP contribution in [0.3, 0.4) is 0 Å². The molecule has 22 heavy (non-hydrogen) atoms. The van der Waals surface area contributed by atoms with E-state index in [4.69, 9.17) is 0 Å². The molecule has 0 amide bonds. The van der Waals surface area contributed by atoms with E-state index >= 15 is 0 Å². The molecular formula is C17H19FN4. The minimum atomic E-state index is -0.262. The molecule has 2 aliphatic rings. The summed E-state index contributed by atoms with van der Waals surface area (Å²) in [6.45, 7) is 2.00. The van der Waals surface area contributed by atoms with Gasteiger partial charge in [-0.05, 0) is 44.2 Å². The van der Waals surface area contributed by atoms with Gasteiger partial charge in [0, 0.05) is 30.7 Å². The Labute approximate surface area is 129 Å². The number of piperazine rings is 1. The fourth-order valence-electron chi connectivity index (χ4n) is 3.61. The second-order valence-corrected chi connectivity index (χ2v) is 6.21. The Hall–Kier alpha value is -2.01. The molecule has 2 saturated heterocycles. The summed E-state index contributed by atoms with van der Waals surface area (Å²) in [5, 5.41) is 8.56. The minimum Gasteiger partial charge on any atom is -0.352 e. The maximum absolute atomic E-state index is 13.8. The lowest BCUT2D eigenvalue weighted by molar-refractivity contribution is 0.211. The summed E-state index contributed by atoms with van der Waals surface area (Å²) in [5.74, 6) is 0.632. The predicted octanol–water partition coefficient (Wildman–Crippen LogP) is 2.57. The van der Waals surface area contributed by atoms with E-state index in [1.54, 1.807) is 12.1 Å². The van der Waals surface area contributed by atoms with Crippen LogP contribution in [-0.4, -0.2) is 47.3 Å². The number of halogens is 1. The second-order valence-electron chi connectivity index (χ2n) is 6.21. The van der Waals surface area contributed by atoms with Gasteiger partial charge in [0.15, 0.2) is 5.82 Å². The molecule has 5 heteroatoms. The third-order valence-electron chi connectivity index (χ3n) is 4.97. The van der Waals surface area contributed by atoms with E-state index in [0.717, 1.165) is 18.9 Å². The smallest absolute Gasteiger partial charge is 0.151 e. The Kier molecular flexibility index (Phi) is 3.30. The number of hydrogen-bond donors (Lipinski definition) is 0. The predicted molar refractivity (Wildman–Crippen MR) is 84.2 cm³/mol. The Balaban J connectivity index is 1.57. The number of rotatable bonds is 2. The first-order valence-corrected chi connectivity index (χ1v) is 7.78. The molecule has 2 aromatic rings. The van der Waals surface area contributed by atoms with Crippen LogP contribution in [0.5, 0.6) is 0 Å². The van der Waals surface area contributed by atoms with E-state index in [1.807, 2.05) is 18.2 Å². The summed E-state index contributed by atoms with van der Waals surface area (Å²) in [6, 6.07) is 11.7. The summed E-state index contributed by atoms with van der Waals surface area (Å²) in [7, 11) is 2.21. The quantitative estimate of drug-likeness (QED) is 0.853. The normalized spacial score (nSPS) is 24.7. The molecule has 0 radical (unpaired) electrons. The van der Waals surface area contributed by atoms with E-state index in [-0.39, 0.29) is 5.82 Å². The molecule has 4 rings (SSSR count). The van der Waals surface area contributed by atoms with E-state index in [0.29, 0.717) is 23.3 Å². The SMILES string of the molecule is CN1C2CCC1CN(c1ccc(-c3ccccc3F)nn1)C2. The fraction of sp³-hybridized carbons (Fsp3) is 0.412. The molecule has 2 bridgehead atoms. The van der Waals surface area contributed by atoms with Crippen molar-refractivity contribution in [3.63, 3.8) is 0 Å². The van der Waals surface area contributed by atoms with Crippen LogP contribution in [0.2, 0.25) is 0 Å². The van der Waals surface area contributed by atoms with Gasteiger partial charge >= 0.3 is 0 Å². The average molecular weight is 298 g/mol. The number of anilines is 1. The summed E-state index contributed by atoms with van der Waals surface area (Å²) < 4.78 is 13.8. The molecule has 0 spiro atoms. The van der Waals surface area contributed by atoms with Crippen molar-refractivity contribution in [3.8, 4) is 11.3 Å². The lowest BCUT2D eigenvalue weighted by Crippen LogP contribution is -2.52. The van der Waals surface area contributed by atoms with Gasteiger partial charge in [-0.3, -0.25) is 4.90 Å². The zero-order chi connectivity index (χ0) is 15.1. The number of aromatic nitrogens is 2. The first kappa shape index (κ1) is 13.6. The largest absolute Gasteiger partial charge is 0.352 e. The third-order valence-corrected chi connectivity index (χ3v) is 4.97. The number of likely N-dealkylation sites (N-methyl/N-ethyl adjacent to an activating group) is 1. The first-order valence-electron chi connectivity index (χ1n) is 7.78. The van der Waals surface area contributed by atoms with Crippen LogP contribution in [0.4, 0.5) is 10.2 Å². The molecule has 2 unspecified atom stereocenters. The lowest BCUT2D eigenvalue weighted by Gasteiger charge is -2.39. The summed E-state index contributed by atoms with van der Waals surface area (Å²) >= 11 is 0. The van der Waals surface area contributed by atoms with Crippen molar-refractivity contribution < 1.29 is 4.39 Å². The Bertz CT molecular complexity index is 659. The van der Waals surface area contributed by atoms with Gasteiger partial charge < -0.3 is 4.90 Å². The maximum Gasteiger partial charge on any atom is 0.151 e. The van der Waals surface area contributed by atoms with Crippen molar-refractivity contribution in [1.82, 2.24) is 15.1 Å². The number of fused-ring (bicyclic) bond motifs is 2. The van der Waals surface area contributed by atoms with Crippen molar-refractivity contribution in [2.24, 2.45) is 0 Å². The second kappa shape index (κ2) is 5.32. The Morgan fingerprint density at radius 1 is 1.00 bits per heavy atom. The van der Waals surface area contributed by atoms with E-state index in [1.165, 1.54) is 18.9 Å². The average Bonchev–Trinajstić information content (AvgIpc) is 2.76. The fourth-order valence-corrected chi connectivity index (χ4v) is 3.61. The zero-order valence-corrected chi connectivity index (χ0v) is 12.6. The standard InChI is InChI=1S/C17H19FN4/c1-21-12-6-7-13(21)11-22(10-12)17-9-8-16(19-20-17)14-4-2-3-5-15(14)18/h2-5,8-9,12-13H,6-7,10-11H2,1H3. The molecule has 114 valence electrons. The van der Waals surface area contributed by atoms with Gasteiger partial charge in [-0.25, -0.2) is 4.39 Å². The van der Waals surface area contributed by atoms with E-state index < -0.39 is 0 Å². The van der Waals surface area contributed by atoms with Gasteiger partial charge in [-0.15, -0.1) is 10.2 Å². The number of hydrogen-bond acceptors (Lipinski definition) is 4. The van der Waals surface area contributed by atoms with Crippen molar-refractivity contribution in [2.75, 3.05) is 25.0 Å². The van der Waals surface area contributed by atoms with Crippen LogP contribution in [-0.2, 0) is 0 Å². The monoisotopic (exact) mass is 298 g/mol. The molecule has 1 aromatic carbocycles. The van der Waals surface area contributed by atoms with Gasteiger partial charge in [0.2, 0.25) is 0 Å². The molecule has 3 heterocycles.